The molecule has 0 unspecified atom stereocenters. The summed E-state index contributed by atoms with van der Waals surface area (Å²) in [6.07, 6.45) is -2.63. The summed E-state index contributed by atoms with van der Waals surface area (Å²) in [7, 11) is 1.37. The summed E-state index contributed by atoms with van der Waals surface area (Å²) in [5, 5.41) is 7.93. The SMILES string of the molecule is CCC(CC)NC(=O)Nc1ccc(Oc2ccc(NCC(F)(F)F)c(OC)c2)cc1. The maximum Gasteiger partial charge on any atom is 0.405 e. The molecule has 0 radical (unpaired) electrons. The van der Waals surface area contributed by atoms with Gasteiger partial charge in [0.05, 0.1) is 12.8 Å². The topological polar surface area (TPSA) is 71.6 Å². The van der Waals surface area contributed by atoms with E-state index >= 15 is 0 Å². The lowest BCUT2D eigenvalue weighted by Crippen LogP contribution is -2.37. The van der Waals surface area contributed by atoms with Gasteiger partial charge in [0.15, 0.2) is 0 Å². The zero-order valence-electron chi connectivity index (χ0n) is 17.1. The van der Waals surface area contributed by atoms with Crippen LogP contribution in [-0.2, 0) is 0 Å². The van der Waals surface area contributed by atoms with E-state index in [1.165, 1.54) is 25.3 Å². The van der Waals surface area contributed by atoms with Crippen LogP contribution in [0.2, 0.25) is 0 Å². The van der Waals surface area contributed by atoms with Gasteiger partial charge in [-0.3, -0.25) is 0 Å². The van der Waals surface area contributed by atoms with Crippen molar-refractivity contribution in [2.45, 2.75) is 38.9 Å². The van der Waals surface area contributed by atoms with E-state index in [-0.39, 0.29) is 23.5 Å². The number of halogens is 3. The van der Waals surface area contributed by atoms with Crippen molar-refractivity contribution < 1.29 is 27.4 Å². The molecule has 2 amide bonds. The van der Waals surface area contributed by atoms with E-state index in [0.717, 1.165) is 12.8 Å². The minimum absolute atomic E-state index is 0.121. The number of methoxy groups -OCH3 is 1. The van der Waals surface area contributed by atoms with Gasteiger partial charge in [0, 0.05) is 17.8 Å². The molecule has 164 valence electrons. The Labute approximate surface area is 173 Å². The van der Waals surface area contributed by atoms with Crippen LogP contribution in [0.3, 0.4) is 0 Å². The molecule has 3 N–H and O–H groups in total. The lowest BCUT2D eigenvalue weighted by Gasteiger charge is -2.16. The number of amides is 2. The first-order chi connectivity index (χ1) is 14.2. The largest absolute Gasteiger partial charge is 0.494 e. The van der Waals surface area contributed by atoms with E-state index in [1.54, 1.807) is 24.3 Å². The number of benzene rings is 2. The summed E-state index contributed by atoms with van der Waals surface area (Å²) in [5.74, 6) is 1.13. The molecular formula is C21H26F3N3O3. The quantitative estimate of drug-likeness (QED) is 0.477. The standard InChI is InChI=1S/C21H26F3N3O3/c1-4-14(5-2)26-20(28)27-15-6-8-16(9-7-15)30-17-10-11-18(19(12-17)29-3)25-13-21(22,23)24/h6-12,14,25H,4-5,13H2,1-3H3,(H2,26,27,28). The van der Waals surface area contributed by atoms with Crippen molar-refractivity contribution in [2.24, 2.45) is 0 Å². The van der Waals surface area contributed by atoms with Gasteiger partial charge >= 0.3 is 12.2 Å². The molecule has 0 aliphatic rings. The van der Waals surface area contributed by atoms with Crippen molar-refractivity contribution in [2.75, 3.05) is 24.3 Å². The molecule has 0 atom stereocenters. The first-order valence-electron chi connectivity index (χ1n) is 9.58. The number of rotatable bonds is 9. The van der Waals surface area contributed by atoms with Crippen LogP contribution in [0, 0.1) is 0 Å². The molecule has 0 saturated heterocycles. The van der Waals surface area contributed by atoms with Crippen molar-refractivity contribution in [1.29, 1.82) is 0 Å². The van der Waals surface area contributed by atoms with Crippen molar-refractivity contribution in [3.63, 3.8) is 0 Å². The maximum atomic E-state index is 12.4. The first-order valence-corrected chi connectivity index (χ1v) is 9.58. The van der Waals surface area contributed by atoms with Crippen LogP contribution in [0.5, 0.6) is 17.2 Å². The molecule has 0 saturated carbocycles. The molecule has 9 heteroatoms. The number of ether oxygens (including phenoxy) is 2. The van der Waals surface area contributed by atoms with Gasteiger partial charge in [0.2, 0.25) is 0 Å². The number of anilines is 2. The van der Waals surface area contributed by atoms with Crippen LogP contribution in [0.4, 0.5) is 29.3 Å². The lowest BCUT2D eigenvalue weighted by molar-refractivity contribution is -0.115. The summed E-state index contributed by atoms with van der Waals surface area (Å²) >= 11 is 0. The molecule has 30 heavy (non-hydrogen) atoms. The van der Waals surface area contributed by atoms with E-state index in [4.69, 9.17) is 9.47 Å². The van der Waals surface area contributed by atoms with E-state index in [0.29, 0.717) is 17.2 Å². The third kappa shape index (κ3) is 7.38. The zero-order chi connectivity index (χ0) is 22.1. The average molecular weight is 425 g/mol. The smallest absolute Gasteiger partial charge is 0.405 e. The van der Waals surface area contributed by atoms with Crippen molar-refractivity contribution in [3.8, 4) is 17.2 Å². The number of nitrogens with one attached hydrogen (secondary N) is 3. The van der Waals surface area contributed by atoms with Crippen molar-refractivity contribution in [1.82, 2.24) is 5.32 Å². The molecular weight excluding hydrogens is 399 g/mol. The maximum absolute atomic E-state index is 12.4. The number of hydrogen-bond acceptors (Lipinski definition) is 4. The second-order valence-electron chi connectivity index (χ2n) is 6.57. The molecule has 6 nitrogen and oxygen atoms in total. The summed E-state index contributed by atoms with van der Waals surface area (Å²) < 4.78 is 48.0. The Bertz CT molecular complexity index is 822. The van der Waals surface area contributed by atoms with Crippen molar-refractivity contribution in [3.05, 3.63) is 42.5 Å². The number of carbonyl (C=O) groups excluding carboxylic acids is 1. The van der Waals surface area contributed by atoms with Crippen LogP contribution in [0.15, 0.2) is 42.5 Å². The van der Waals surface area contributed by atoms with Gasteiger partial charge in [-0.25, -0.2) is 4.79 Å². The summed E-state index contributed by atoms with van der Waals surface area (Å²) in [6.45, 7) is 2.85. The fourth-order valence-corrected chi connectivity index (χ4v) is 2.66. The highest BCUT2D eigenvalue weighted by atomic mass is 19.4. The average Bonchev–Trinajstić information content (AvgIpc) is 2.71. The summed E-state index contributed by atoms with van der Waals surface area (Å²) in [5.41, 5.74) is 0.820. The molecule has 0 heterocycles. The van der Waals surface area contributed by atoms with Gasteiger partial charge in [0.1, 0.15) is 23.8 Å². The van der Waals surface area contributed by atoms with Gasteiger partial charge < -0.3 is 25.4 Å². The van der Waals surface area contributed by atoms with Crippen molar-refractivity contribution >= 4 is 17.4 Å². The lowest BCUT2D eigenvalue weighted by atomic mass is 10.2. The Morgan fingerprint density at radius 2 is 1.67 bits per heavy atom. The molecule has 0 fully saturated rings. The third-order valence-electron chi connectivity index (χ3n) is 4.32. The molecule has 2 rings (SSSR count). The number of urea groups is 1. The monoisotopic (exact) mass is 425 g/mol. The Hall–Kier alpha value is -3.10. The molecule has 0 aliphatic heterocycles. The van der Waals surface area contributed by atoms with Crippen LogP contribution < -0.4 is 25.4 Å². The minimum Gasteiger partial charge on any atom is -0.494 e. The predicted molar refractivity (Wildman–Crippen MR) is 111 cm³/mol. The highest BCUT2D eigenvalue weighted by Gasteiger charge is 2.27. The summed E-state index contributed by atoms with van der Waals surface area (Å²) in [4.78, 5) is 12.0. The van der Waals surface area contributed by atoms with Gasteiger partial charge in [-0.15, -0.1) is 0 Å². The Morgan fingerprint density at radius 1 is 1.03 bits per heavy atom. The highest BCUT2D eigenvalue weighted by molar-refractivity contribution is 5.89. The first kappa shape index (κ1) is 23.2. The van der Waals surface area contributed by atoms with Crippen LogP contribution in [-0.4, -0.2) is 31.9 Å². The minimum atomic E-state index is -4.33. The molecule has 0 aromatic heterocycles. The normalized spacial score (nSPS) is 11.2. The van der Waals surface area contributed by atoms with E-state index < -0.39 is 12.7 Å². The predicted octanol–water partition coefficient (Wildman–Crippen LogP) is 5.77. The fourth-order valence-electron chi connectivity index (χ4n) is 2.66. The Balaban J connectivity index is 1.98. The Kier molecular flexibility index (Phi) is 8.20. The zero-order valence-corrected chi connectivity index (χ0v) is 17.1. The van der Waals surface area contributed by atoms with E-state index in [1.807, 2.05) is 13.8 Å². The number of alkyl halides is 3. The van der Waals surface area contributed by atoms with E-state index in [9.17, 15) is 18.0 Å². The van der Waals surface area contributed by atoms with Gasteiger partial charge in [-0.1, -0.05) is 13.8 Å². The third-order valence-corrected chi connectivity index (χ3v) is 4.32. The fraction of sp³-hybridized carbons (Fsp3) is 0.381. The van der Waals surface area contributed by atoms with E-state index in [2.05, 4.69) is 16.0 Å². The molecule has 0 spiro atoms. The second kappa shape index (κ2) is 10.6. The molecule has 2 aromatic rings. The Morgan fingerprint density at radius 3 is 2.23 bits per heavy atom. The molecule has 0 bridgehead atoms. The van der Waals surface area contributed by atoms with Crippen LogP contribution >= 0.6 is 0 Å². The van der Waals surface area contributed by atoms with Gasteiger partial charge in [-0.2, -0.15) is 13.2 Å². The van der Waals surface area contributed by atoms with Gasteiger partial charge in [0.25, 0.3) is 0 Å². The highest BCUT2D eigenvalue weighted by Crippen LogP contribution is 2.32. The van der Waals surface area contributed by atoms with Gasteiger partial charge in [-0.05, 0) is 49.2 Å². The number of carbonyl (C=O) groups is 1. The summed E-state index contributed by atoms with van der Waals surface area (Å²) in [6, 6.07) is 11.1. The second-order valence-corrected chi connectivity index (χ2v) is 6.57. The van der Waals surface area contributed by atoms with Crippen LogP contribution in [0.25, 0.3) is 0 Å². The number of hydrogen-bond donors (Lipinski definition) is 3. The molecule has 0 aliphatic carbocycles. The van der Waals surface area contributed by atoms with Crippen LogP contribution in [0.1, 0.15) is 26.7 Å². The molecule has 2 aromatic carbocycles.